The Kier molecular flexibility index (Phi) is 8.35. The Morgan fingerprint density at radius 3 is 2.61 bits per heavy atom. The molecule has 0 aliphatic heterocycles. The summed E-state index contributed by atoms with van der Waals surface area (Å²) in [5, 5.41) is 15.7. The maximum Gasteiger partial charge on any atom is 0.191 e. The number of hydrogen-bond acceptors (Lipinski definition) is 3. The number of phenolic OH excluding ortho intramolecular Hbond substituents is 1. The first-order valence-corrected chi connectivity index (χ1v) is 9.19. The summed E-state index contributed by atoms with van der Waals surface area (Å²) in [7, 11) is 1.69. The lowest BCUT2D eigenvalue weighted by Gasteiger charge is -2.15. The molecule has 0 unspecified atom stereocenters. The van der Waals surface area contributed by atoms with Crippen LogP contribution >= 0.6 is 24.0 Å². The second kappa shape index (κ2) is 10.5. The van der Waals surface area contributed by atoms with E-state index in [0.29, 0.717) is 25.0 Å². The summed E-state index contributed by atoms with van der Waals surface area (Å²) < 4.78 is 19.4. The van der Waals surface area contributed by atoms with E-state index in [4.69, 9.17) is 4.74 Å². The molecule has 0 amide bonds. The number of aryl methyl sites for hydroxylation is 1. The average Bonchev–Trinajstić information content (AvgIpc) is 3.48. The minimum absolute atomic E-state index is 0. The molecule has 0 bridgehead atoms. The van der Waals surface area contributed by atoms with Gasteiger partial charge in [0.05, 0.1) is 6.61 Å². The molecule has 152 valence electrons. The summed E-state index contributed by atoms with van der Waals surface area (Å²) in [5.74, 6) is 1.24. The number of halogens is 2. The molecule has 3 N–H and O–H groups in total. The molecule has 7 heteroatoms. The molecule has 0 saturated heterocycles. The van der Waals surface area contributed by atoms with Crippen molar-refractivity contribution >= 4 is 29.9 Å². The fraction of sp³-hybridized carbons (Fsp3) is 0.381. The minimum Gasteiger partial charge on any atom is -0.505 e. The van der Waals surface area contributed by atoms with Gasteiger partial charge in [-0.1, -0.05) is 18.2 Å². The van der Waals surface area contributed by atoms with Gasteiger partial charge in [-0.3, -0.25) is 4.99 Å². The van der Waals surface area contributed by atoms with Gasteiger partial charge in [-0.05, 0) is 55.0 Å². The predicted molar refractivity (Wildman–Crippen MR) is 120 cm³/mol. The number of ether oxygens (including phenoxy) is 1. The van der Waals surface area contributed by atoms with Crippen LogP contribution in [0.4, 0.5) is 4.39 Å². The third-order valence-electron chi connectivity index (χ3n) is 4.54. The Hall–Kier alpha value is -2.03. The van der Waals surface area contributed by atoms with Crippen LogP contribution in [-0.2, 0) is 13.1 Å². The van der Waals surface area contributed by atoms with Crippen LogP contribution in [0.3, 0.4) is 0 Å². The first-order valence-electron chi connectivity index (χ1n) is 9.19. The van der Waals surface area contributed by atoms with Gasteiger partial charge in [0.1, 0.15) is 5.75 Å². The molecule has 3 rings (SSSR count). The Morgan fingerprint density at radius 2 is 1.93 bits per heavy atom. The highest BCUT2D eigenvalue weighted by Crippen LogP contribution is 2.30. The molecule has 0 atom stereocenters. The lowest BCUT2D eigenvalue weighted by Crippen LogP contribution is -2.36. The number of guanidine groups is 1. The average molecular weight is 499 g/mol. The van der Waals surface area contributed by atoms with Crippen molar-refractivity contribution in [2.75, 3.05) is 13.7 Å². The van der Waals surface area contributed by atoms with Crippen molar-refractivity contribution in [2.45, 2.75) is 32.9 Å². The van der Waals surface area contributed by atoms with E-state index in [0.717, 1.165) is 23.5 Å². The van der Waals surface area contributed by atoms with Crippen molar-refractivity contribution in [3.05, 3.63) is 58.9 Å². The van der Waals surface area contributed by atoms with E-state index in [1.54, 1.807) is 13.1 Å². The summed E-state index contributed by atoms with van der Waals surface area (Å²) in [6.45, 7) is 3.80. The number of rotatable bonds is 7. The minimum atomic E-state index is -0.630. The van der Waals surface area contributed by atoms with Crippen molar-refractivity contribution in [3.63, 3.8) is 0 Å². The van der Waals surface area contributed by atoms with E-state index in [-0.39, 0.29) is 29.7 Å². The van der Waals surface area contributed by atoms with Crippen LogP contribution in [0.5, 0.6) is 11.5 Å². The van der Waals surface area contributed by atoms with E-state index in [2.05, 4.69) is 40.7 Å². The van der Waals surface area contributed by atoms with Crippen molar-refractivity contribution in [1.29, 1.82) is 0 Å². The second-order valence-electron chi connectivity index (χ2n) is 6.93. The zero-order chi connectivity index (χ0) is 19.2. The molecule has 0 aromatic heterocycles. The zero-order valence-electron chi connectivity index (χ0n) is 16.2. The van der Waals surface area contributed by atoms with Gasteiger partial charge >= 0.3 is 0 Å². The molecule has 1 fully saturated rings. The normalized spacial score (nSPS) is 13.6. The topological polar surface area (TPSA) is 65.9 Å². The molecule has 5 nitrogen and oxygen atoms in total. The van der Waals surface area contributed by atoms with Crippen LogP contribution in [0.15, 0.2) is 41.4 Å². The molecule has 1 aliphatic rings. The standard InChI is InChI=1S/C21H26FN3O2.HI/c1-14-3-7-17(20(9-14)27-13-15-4-5-15)12-25-21(23-2)24-11-16-6-8-19(26)18(22)10-16;/h3,6-10,15,26H,4-5,11-13H2,1-2H3,(H2,23,24,25);1H. The number of aliphatic imine (C=N–C) groups is 1. The van der Waals surface area contributed by atoms with E-state index < -0.39 is 5.82 Å². The SMILES string of the molecule is CN=C(NCc1ccc(O)c(F)c1)NCc1ccc(C)cc1OCC1CC1.I. The maximum atomic E-state index is 13.4. The smallest absolute Gasteiger partial charge is 0.191 e. The number of nitrogens with one attached hydrogen (secondary N) is 2. The van der Waals surface area contributed by atoms with Gasteiger partial charge in [0.15, 0.2) is 17.5 Å². The Labute approximate surface area is 182 Å². The third kappa shape index (κ3) is 6.54. The number of aromatic hydroxyl groups is 1. The first kappa shape index (κ1) is 22.3. The highest BCUT2D eigenvalue weighted by Gasteiger charge is 2.22. The van der Waals surface area contributed by atoms with Crippen LogP contribution in [-0.4, -0.2) is 24.7 Å². The largest absolute Gasteiger partial charge is 0.505 e. The predicted octanol–water partition coefficient (Wildman–Crippen LogP) is 4.11. The van der Waals surface area contributed by atoms with Gasteiger partial charge < -0.3 is 20.5 Å². The molecule has 1 saturated carbocycles. The quantitative estimate of drug-likeness (QED) is 0.305. The molecule has 1 aliphatic carbocycles. The maximum absolute atomic E-state index is 13.4. The zero-order valence-corrected chi connectivity index (χ0v) is 18.5. The van der Waals surface area contributed by atoms with Crippen molar-refractivity contribution in [2.24, 2.45) is 10.9 Å². The van der Waals surface area contributed by atoms with Crippen LogP contribution in [0.25, 0.3) is 0 Å². The second-order valence-corrected chi connectivity index (χ2v) is 6.93. The van der Waals surface area contributed by atoms with E-state index in [1.165, 1.54) is 30.5 Å². The van der Waals surface area contributed by atoms with Gasteiger partial charge in [-0.2, -0.15) is 0 Å². The number of benzene rings is 2. The van der Waals surface area contributed by atoms with Crippen LogP contribution in [0.2, 0.25) is 0 Å². The van der Waals surface area contributed by atoms with E-state index >= 15 is 0 Å². The molecule has 0 heterocycles. The van der Waals surface area contributed by atoms with Crippen LogP contribution in [0, 0.1) is 18.7 Å². The Balaban J connectivity index is 0.00000280. The van der Waals surface area contributed by atoms with Crippen molar-refractivity contribution < 1.29 is 14.2 Å². The number of nitrogens with zero attached hydrogens (tertiary/aromatic N) is 1. The lowest BCUT2D eigenvalue weighted by molar-refractivity contribution is 0.296. The Bertz CT molecular complexity index is 825. The van der Waals surface area contributed by atoms with Crippen molar-refractivity contribution in [1.82, 2.24) is 10.6 Å². The van der Waals surface area contributed by atoms with Gasteiger partial charge in [0.25, 0.3) is 0 Å². The van der Waals surface area contributed by atoms with Crippen LogP contribution in [0.1, 0.15) is 29.5 Å². The summed E-state index contributed by atoms with van der Waals surface area (Å²) >= 11 is 0. The summed E-state index contributed by atoms with van der Waals surface area (Å²) in [5.41, 5.74) is 2.96. The molecular formula is C21H27FIN3O2. The summed E-state index contributed by atoms with van der Waals surface area (Å²) in [4.78, 5) is 4.20. The monoisotopic (exact) mass is 499 g/mol. The van der Waals surface area contributed by atoms with Gasteiger partial charge in [0, 0.05) is 25.7 Å². The highest BCUT2D eigenvalue weighted by atomic mass is 127. The summed E-state index contributed by atoms with van der Waals surface area (Å²) in [6, 6.07) is 10.5. The molecular weight excluding hydrogens is 472 g/mol. The van der Waals surface area contributed by atoms with E-state index in [1.807, 2.05) is 0 Å². The Morgan fingerprint density at radius 1 is 1.18 bits per heavy atom. The molecule has 28 heavy (non-hydrogen) atoms. The van der Waals surface area contributed by atoms with Crippen molar-refractivity contribution in [3.8, 4) is 11.5 Å². The molecule has 0 spiro atoms. The number of hydrogen-bond donors (Lipinski definition) is 3. The fourth-order valence-corrected chi connectivity index (χ4v) is 2.68. The van der Waals surface area contributed by atoms with Crippen LogP contribution < -0.4 is 15.4 Å². The third-order valence-corrected chi connectivity index (χ3v) is 4.54. The molecule has 2 aromatic rings. The first-order chi connectivity index (χ1) is 13.0. The number of phenols is 1. The fourth-order valence-electron chi connectivity index (χ4n) is 2.68. The summed E-state index contributed by atoms with van der Waals surface area (Å²) in [6.07, 6.45) is 2.52. The lowest BCUT2D eigenvalue weighted by atomic mass is 10.1. The molecule has 0 radical (unpaired) electrons. The highest BCUT2D eigenvalue weighted by molar-refractivity contribution is 14.0. The van der Waals surface area contributed by atoms with Gasteiger partial charge in [0.2, 0.25) is 0 Å². The molecule has 2 aromatic carbocycles. The van der Waals surface area contributed by atoms with E-state index in [9.17, 15) is 9.50 Å². The van der Waals surface area contributed by atoms with Gasteiger partial charge in [-0.15, -0.1) is 24.0 Å². The van der Waals surface area contributed by atoms with Gasteiger partial charge in [-0.25, -0.2) is 4.39 Å².